The van der Waals surface area contributed by atoms with Crippen molar-refractivity contribution in [2.45, 2.75) is 50.8 Å². The number of nitrogens with zero attached hydrogens (tertiary/aromatic N) is 1. The van der Waals surface area contributed by atoms with Crippen LogP contribution in [0, 0.1) is 6.92 Å². The highest BCUT2D eigenvalue weighted by molar-refractivity contribution is 7.16. The van der Waals surface area contributed by atoms with Crippen molar-refractivity contribution < 1.29 is 9.26 Å². The molecule has 1 N–H and O–H groups in total. The minimum absolute atomic E-state index is 0.196. The van der Waals surface area contributed by atoms with E-state index in [-0.39, 0.29) is 11.6 Å². The summed E-state index contributed by atoms with van der Waals surface area (Å²) in [4.78, 5) is 1.32. The third-order valence-corrected chi connectivity index (χ3v) is 6.25. The van der Waals surface area contributed by atoms with Crippen molar-refractivity contribution in [3.05, 3.63) is 38.4 Å². The summed E-state index contributed by atoms with van der Waals surface area (Å²) >= 11 is 7.95. The fourth-order valence-corrected chi connectivity index (χ4v) is 5.36. The Bertz CT molecular complexity index is 698. The molecule has 0 bridgehead atoms. The summed E-state index contributed by atoms with van der Waals surface area (Å²) in [7, 11) is 0. The van der Waals surface area contributed by atoms with E-state index in [0.29, 0.717) is 6.04 Å². The zero-order valence-electron chi connectivity index (χ0n) is 12.7. The Labute approximate surface area is 138 Å². The molecular weight excluding hydrogens is 320 g/mol. The number of piperidine rings is 1. The van der Waals surface area contributed by atoms with E-state index < -0.39 is 0 Å². The first-order chi connectivity index (χ1) is 10.6. The largest absolute Gasteiger partial charge is 0.369 e. The summed E-state index contributed by atoms with van der Waals surface area (Å²) in [6.45, 7) is 4.97. The first-order valence-corrected chi connectivity index (χ1v) is 8.86. The molecule has 3 unspecified atom stereocenters. The van der Waals surface area contributed by atoms with Gasteiger partial charge in [0.25, 0.3) is 0 Å². The molecule has 2 aliphatic rings. The van der Waals surface area contributed by atoms with Crippen molar-refractivity contribution in [2.24, 2.45) is 0 Å². The molecule has 4 heterocycles. The Morgan fingerprint density at radius 3 is 3.09 bits per heavy atom. The second kappa shape index (κ2) is 5.34. The van der Waals surface area contributed by atoms with Crippen molar-refractivity contribution in [3.8, 4) is 0 Å². The molecule has 3 atom stereocenters. The van der Waals surface area contributed by atoms with Crippen LogP contribution >= 0.6 is 22.9 Å². The average Bonchev–Trinajstić information content (AvgIpc) is 3.04. The van der Waals surface area contributed by atoms with Gasteiger partial charge in [0, 0.05) is 28.9 Å². The average molecular weight is 339 g/mol. The molecule has 118 valence electrons. The predicted molar refractivity (Wildman–Crippen MR) is 86.5 cm³/mol. The van der Waals surface area contributed by atoms with Crippen molar-refractivity contribution in [1.82, 2.24) is 10.5 Å². The fraction of sp³-hybridized carbons (Fsp3) is 0.562. The monoisotopic (exact) mass is 338 g/mol. The Balaban J connectivity index is 1.74. The lowest BCUT2D eigenvalue weighted by atomic mass is 9.78. The van der Waals surface area contributed by atoms with Gasteiger partial charge in [-0.3, -0.25) is 0 Å². The normalized spacial score (nSPS) is 31.4. The van der Waals surface area contributed by atoms with E-state index in [9.17, 15) is 0 Å². The maximum Gasteiger partial charge on any atom is 0.128 e. The van der Waals surface area contributed by atoms with Crippen LogP contribution in [-0.2, 0) is 16.8 Å². The van der Waals surface area contributed by atoms with Crippen LogP contribution in [0.4, 0.5) is 0 Å². The molecule has 2 aromatic rings. The molecule has 0 aliphatic carbocycles. The van der Waals surface area contributed by atoms with Crippen molar-refractivity contribution in [3.63, 3.8) is 0 Å². The molecular formula is C16H19ClN2O2S. The van der Waals surface area contributed by atoms with Gasteiger partial charge in [0.1, 0.15) is 11.9 Å². The van der Waals surface area contributed by atoms with Gasteiger partial charge in [-0.25, -0.2) is 0 Å². The summed E-state index contributed by atoms with van der Waals surface area (Å²) in [5.41, 5.74) is 3.20. The molecule has 0 radical (unpaired) electrons. The minimum atomic E-state index is -0.232. The van der Waals surface area contributed by atoms with E-state index in [2.05, 4.69) is 23.5 Å². The molecule has 22 heavy (non-hydrogen) atoms. The summed E-state index contributed by atoms with van der Waals surface area (Å²) < 4.78 is 12.3. The number of nitrogens with one attached hydrogen (secondary N) is 1. The van der Waals surface area contributed by atoms with Gasteiger partial charge in [0.15, 0.2) is 0 Å². The lowest BCUT2D eigenvalue weighted by molar-refractivity contribution is -0.0955. The molecule has 2 aliphatic heterocycles. The first-order valence-electron chi connectivity index (χ1n) is 7.67. The lowest BCUT2D eigenvalue weighted by Gasteiger charge is -2.46. The summed E-state index contributed by atoms with van der Waals surface area (Å²) in [6, 6.07) is 2.67. The van der Waals surface area contributed by atoms with Gasteiger partial charge >= 0.3 is 0 Å². The number of aryl methyl sites for hydroxylation is 1. The van der Waals surface area contributed by atoms with Crippen LogP contribution in [0.15, 0.2) is 16.9 Å². The molecule has 0 amide bonds. The summed E-state index contributed by atoms with van der Waals surface area (Å²) in [5.74, 6) is 0. The minimum Gasteiger partial charge on any atom is -0.369 e. The molecule has 2 aromatic heterocycles. The third-order valence-electron chi connectivity index (χ3n) is 4.76. The SMILES string of the molecule is Cc1nocc1C1CC2(CC(C)N1)OCCc1cc(Cl)sc12. The van der Waals surface area contributed by atoms with Crippen LogP contribution in [0.25, 0.3) is 0 Å². The zero-order valence-corrected chi connectivity index (χ0v) is 14.3. The second-order valence-corrected chi connectivity index (χ2v) is 8.06. The van der Waals surface area contributed by atoms with E-state index in [0.717, 1.165) is 41.5 Å². The number of rotatable bonds is 1. The smallest absolute Gasteiger partial charge is 0.128 e. The Morgan fingerprint density at radius 1 is 1.45 bits per heavy atom. The van der Waals surface area contributed by atoms with E-state index in [1.807, 2.05) is 6.92 Å². The summed E-state index contributed by atoms with van der Waals surface area (Å²) in [5, 5.41) is 7.68. The number of ether oxygens (including phenoxy) is 1. The molecule has 1 spiro atoms. The van der Waals surface area contributed by atoms with Crippen LogP contribution in [0.3, 0.4) is 0 Å². The van der Waals surface area contributed by atoms with Crippen LogP contribution in [0.5, 0.6) is 0 Å². The van der Waals surface area contributed by atoms with Gasteiger partial charge in [-0.2, -0.15) is 0 Å². The number of halogens is 1. The highest BCUT2D eigenvalue weighted by Crippen LogP contribution is 2.50. The van der Waals surface area contributed by atoms with Gasteiger partial charge < -0.3 is 14.6 Å². The van der Waals surface area contributed by atoms with Gasteiger partial charge in [-0.15, -0.1) is 11.3 Å². The maximum absolute atomic E-state index is 6.35. The van der Waals surface area contributed by atoms with Crippen molar-refractivity contribution in [1.29, 1.82) is 0 Å². The zero-order chi connectivity index (χ0) is 15.3. The van der Waals surface area contributed by atoms with Crippen LogP contribution in [-0.4, -0.2) is 17.8 Å². The first kappa shape index (κ1) is 14.7. The van der Waals surface area contributed by atoms with E-state index in [1.165, 1.54) is 10.4 Å². The van der Waals surface area contributed by atoms with Crippen LogP contribution in [0.1, 0.15) is 47.5 Å². The highest BCUT2D eigenvalue weighted by Gasteiger charge is 2.46. The number of fused-ring (bicyclic) bond motifs is 2. The molecule has 4 nitrogen and oxygen atoms in total. The van der Waals surface area contributed by atoms with Crippen molar-refractivity contribution in [2.75, 3.05) is 6.61 Å². The second-order valence-electron chi connectivity index (χ2n) is 6.38. The lowest BCUT2D eigenvalue weighted by Crippen LogP contribution is -2.49. The Morgan fingerprint density at radius 2 is 2.32 bits per heavy atom. The molecule has 0 saturated carbocycles. The topological polar surface area (TPSA) is 47.3 Å². The van der Waals surface area contributed by atoms with Gasteiger partial charge in [0.2, 0.25) is 0 Å². The van der Waals surface area contributed by atoms with E-state index in [1.54, 1.807) is 17.6 Å². The third kappa shape index (κ3) is 2.31. The van der Waals surface area contributed by atoms with Gasteiger partial charge in [0.05, 0.1) is 16.6 Å². The molecule has 6 heteroatoms. The summed E-state index contributed by atoms with van der Waals surface area (Å²) in [6.07, 6.45) is 4.57. The molecule has 1 saturated heterocycles. The standard InChI is InChI=1S/C16H19ClN2O2S/c1-9-6-16(7-13(18-9)12-8-21-19-10(12)2)15-11(3-4-20-16)5-14(17)22-15/h5,8-9,13,18H,3-4,6-7H2,1-2H3. The highest BCUT2D eigenvalue weighted by atomic mass is 35.5. The van der Waals surface area contributed by atoms with Crippen molar-refractivity contribution >= 4 is 22.9 Å². The van der Waals surface area contributed by atoms with Gasteiger partial charge in [-0.1, -0.05) is 16.8 Å². The van der Waals surface area contributed by atoms with E-state index in [4.69, 9.17) is 20.9 Å². The predicted octanol–water partition coefficient (Wildman–Crippen LogP) is 3.98. The quantitative estimate of drug-likeness (QED) is 0.854. The van der Waals surface area contributed by atoms with E-state index >= 15 is 0 Å². The number of hydrogen-bond donors (Lipinski definition) is 1. The fourth-order valence-electron chi connectivity index (χ4n) is 3.89. The Kier molecular flexibility index (Phi) is 3.57. The maximum atomic E-state index is 6.35. The molecule has 4 rings (SSSR count). The molecule has 0 aromatic carbocycles. The Hall–Kier alpha value is -0.880. The van der Waals surface area contributed by atoms with Crippen LogP contribution in [0.2, 0.25) is 4.34 Å². The molecule has 1 fully saturated rings. The van der Waals surface area contributed by atoms with Crippen LogP contribution < -0.4 is 5.32 Å². The van der Waals surface area contributed by atoms with Gasteiger partial charge in [-0.05, 0) is 38.3 Å². The number of hydrogen-bond acceptors (Lipinski definition) is 5. The number of aromatic nitrogens is 1. The number of thiophene rings is 1.